The Hall–Kier alpha value is -3.26. The lowest BCUT2D eigenvalue weighted by Gasteiger charge is -2.08. The van der Waals surface area contributed by atoms with Crippen LogP contribution in [-0.4, -0.2) is 12.1 Å². The van der Waals surface area contributed by atoms with Crippen molar-refractivity contribution in [2.75, 3.05) is 12.4 Å². The molecular weight excluding hydrogens is 302 g/mol. The lowest BCUT2D eigenvalue weighted by atomic mass is 10.1. The van der Waals surface area contributed by atoms with Crippen LogP contribution in [0, 0.1) is 18.3 Å². The summed E-state index contributed by atoms with van der Waals surface area (Å²) in [6, 6.07) is 17.6. The molecule has 0 saturated heterocycles. The van der Waals surface area contributed by atoms with Crippen molar-refractivity contribution >= 4 is 5.88 Å². The van der Waals surface area contributed by atoms with Crippen molar-refractivity contribution in [2.45, 2.75) is 13.5 Å². The van der Waals surface area contributed by atoms with Crippen LogP contribution >= 0.6 is 0 Å². The molecule has 2 aromatic carbocycles. The third kappa shape index (κ3) is 3.23. The van der Waals surface area contributed by atoms with Crippen molar-refractivity contribution in [3.63, 3.8) is 0 Å². The molecule has 0 aliphatic carbocycles. The number of hydrogen-bond acceptors (Lipinski definition) is 5. The Morgan fingerprint density at radius 2 is 1.92 bits per heavy atom. The number of rotatable bonds is 5. The largest absolute Gasteiger partial charge is 0.496 e. The Balaban J connectivity index is 1.83. The molecule has 0 unspecified atom stereocenters. The molecule has 5 heteroatoms. The Morgan fingerprint density at radius 3 is 2.62 bits per heavy atom. The molecule has 1 heterocycles. The highest BCUT2D eigenvalue weighted by molar-refractivity contribution is 5.59. The number of para-hydroxylation sites is 1. The second-order valence-corrected chi connectivity index (χ2v) is 5.34. The van der Waals surface area contributed by atoms with E-state index >= 15 is 0 Å². The van der Waals surface area contributed by atoms with Crippen LogP contribution in [0.5, 0.6) is 5.75 Å². The molecule has 0 saturated carbocycles. The summed E-state index contributed by atoms with van der Waals surface area (Å²) in [6.45, 7) is 2.49. The quantitative estimate of drug-likeness (QED) is 0.765. The summed E-state index contributed by atoms with van der Waals surface area (Å²) in [5, 5.41) is 12.4. The summed E-state index contributed by atoms with van der Waals surface area (Å²) in [6.07, 6.45) is 0. The van der Waals surface area contributed by atoms with Gasteiger partial charge < -0.3 is 14.5 Å². The number of methoxy groups -OCH3 is 1. The third-order valence-corrected chi connectivity index (χ3v) is 3.66. The minimum Gasteiger partial charge on any atom is -0.496 e. The van der Waals surface area contributed by atoms with E-state index in [-0.39, 0.29) is 5.69 Å². The maximum atomic E-state index is 9.28. The molecule has 5 nitrogen and oxygen atoms in total. The van der Waals surface area contributed by atoms with E-state index in [0.717, 1.165) is 22.4 Å². The Morgan fingerprint density at radius 1 is 1.17 bits per heavy atom. The summed E-state index contributed by atoms with van der Waals surface area (Å²) < 4.78 is 11.1. The number of oxazole rings is 1. The van der Waals surface area contributed by atoms with E-state index < -0.39 is 0 Å². The zero-order valence-corrected chi connectivity index (χ0v) is 13.5. The predicted molar refractivity (Wildman–Crippen MR) is 91.7 cm³/mol. The number of aromatic nitrogens is 1. The van der Waals surface area contributed by atoms with Gasteiger partial charge in [0.25, 0.3) is 0 Å². The zero-order chi connectivity index (χ0) is 16.9. The molecule has 0 atom stereocenters. The molecule has 24 heavy (non-hydrogen) atoms. The minimum atomic E-state index is 0.237. The number of nitrogens with zero attached hydrogens (tertiary/aromatic N) is 2. The van der Waals surface area contributed by atoms with Gasteiger partial charge in [0.1, 0.15) is 11.8 Å². The Bertz CT molecular complexity index is 876. The molecule has 1 aromatic heterocycles. The number of ether oxygens (including phenoxy) is 1. The molecule has 120 valence electrons. The lowest BCUT2D eigenvalue weighted by Crippen LogP contribution is -2.02. The van der Waals surface area contributed by atoms with Gasteiger partial charge in [-0.2, -0.15) is 10.2 Å². The van der Waals surface area contributed by atoms with E-state index in [4.69, 9.17) is 9.15 Å². The van der Waals surface area contributed by atoms with E-state index in [1.54, 1.807) is 7.11 Å². The average molecular weight is 319 g/mol. The Labute approximate surface area is 140 Å². The predicted octanol–water partition coefficient (Wildman–Crippen LogP) is 4.14. The molecule has 0 aliphatic rings. The first-order valence-corrected chi connectivity index (χ1v) is 7.55. The molecule has 0 aliphatic heterocycles. The zero-order valence-electron chi connectivity index (χ0n) is 13.5. The maximum Gasteiger partial charge on any atom is 0.232 e. The summed E-state index contributed by atoms with van der Waals surface area (Å²) in [7, 11) is 1.63. The second kappa shape index (κ2) is 6.88. The van der Waals surface area contributed by atoms with Gasteiger partial charge in [-0.1, -0.05) is 35.9 Å². The highest BCUT2D eigenvalue weighted by Gasteiger charge is 2.14. The number of benzene rings is 2. The van der Waals surface area contributed by atoms with Gasteiger partial charge >= 0.3 is 0 Å². The van der Waals surface area contributed by atoms with E-state index in [1.165, 1.54) is 0 Å². The van der Waals surface area contributed by atoms with Crippen LogP contribution in [0.15, 0.2) is 52.9 Å². The van der Waals surface area contributed by atoms with Crippen molar-refractivity contribution in [3.8, 4) is 23.3 Å². The lowest BCUT2D eigenvalue weighted by molar-refractivity contribution is 0.410. The number of nitriles is 1. The molecule has 0 amide bonds. The number of anilines is 1. The molecule has 3 aromatic rings. The van der Waals surface area contributed by atoms with Gasteiger partial charge in [-0.3, -0.25) is 0 Å². The van der Waals surface area contributed by atoms with Crippen LogP contribution in [0.25, 0.3) is 11.5 Å². The van der Waals surface area contributed by atoms with Crippen LogP contribution in [-0.2, 0) is 6.54 Å². The number of hydrogen-bond donors (Lipinski definition) is 1. The van der Waals surface area contributed by atoms with Crippen LogP contribution in [0.4, 0.5) is 5.88 Å². The highest BCUT2D eigenvalue weighted by atomic mass is 16.5. The minimum absolute atomic E-state index is 0.237. The van der Waals surface area contributed by atoms with Crippen molar-refractivity contribution in [2.24, 2.45) is 0 Å². The van der Waals surface area contributed by atoms with Gasteiger partial charge in [0.2, 0.25) is 17.5 Å². The smallest absolute Gasteiger partial charge is 0.232 e. The standard InChI is InChI=1S/C19H17N3O2/c1-13-7-9-14(10-8-13)18-22-16(11-20)19(24-18)21-12-15-5-3-4-6-17(15)23-2/h3-10,21H,12H2,1-2H3. The van der Waals surface area contributed by atoms with Crippen molar-refractivity contribution in [1.29, 1.82) is 5.26 Å². The number of aryl methyl sites for hydroxylation is 1. The summed E-state index contributed by atoms with van der Waals surface area (Å²) in [5.41, 5.74) is 3.19. The van der Waals surface area contributed by atoms with Gasteiger partial charge in [0, 0.05) is 17.7 Å². The summed E-state index contributed by atoms with van der Waals surface area (Å²) in [5.74, 6) is 1.56. The van der Waals surface area contributed by atoms with Gasteiger partial charge in [-0.25, -0.2) is 0 Å². The van der Waals surface area contributed by atoms with Crippen LogP contribution in [0.1, 0.15) is 16.8 Å². The van der Waals surface area contributed by atoms with Gasteiger partial charge in [0.05, 0.1) is 7.11 Å². The van der Waals surface area contributed by atoms with Crippen molar-refractivity contribution in [3.05, 3.63) is 65.4 Å². The molecular formula is C19H17N3O2. The van der Waals surface area contributed by atoms with Crippen LogP contribution in [0.2, 0.25) is 0 Å². The summed E-state index contributed by atoms with van der Waals surface area (Å²) in [4.78, 5) is 4.26. The summed E-state index contributed by atoms with van der Waals surface area (Å²) >= 11 is 0. The van der Waals surface area contributed by atoms with Gasteiger partial charge in [-0.05, 0) is 25.1 Å². The SMILES string of the molecule is COc1ccccc1CNc1oc(-c2ccc(C)cc2)nc1C#N. The fraction of sp³-hybridized carbons (Fsp3) is 0.158. The normalized spacial score (nSPS) is 10.2. The fourth-order valence-electron chi connectivity index (χ4n) is 2.36. The average Bonchev–Trinajstić information content (AvgIpc) is 3.04. The van der Waals surface area contributed by atoms with E-state index in [0.29, 0.717) is 18.3 Å². The van der Waals surface area contributed by atoms with E-state index in [2.05, 4.69) is 16.4 Å². The van der Waals surface area contributed by atoms with Crippen LogP contribution < -0.4 is 10.1 Å². The number of nitrogens with one attached hydrogen (secondary N) is 1. The molecule has 0 bridgehead atoms. The monoisotopic (exact) mass is 319 g/mol. The molecule has 0 spiro atoms. The molecule has 1 N–H and O–H groups in total. The first kappa shape index (κ1) is 15.6. The van der Waals surface area contributed by atoms with E-state index in [1.807, 2.05) is 55.5 Å². The molecule has 3 rings (SSSR count). The Kier molecular flexibility index (Phi) is 4.48. The van der Waals surface area contributed by atoms with Crippen LogP contribution in [0.3, 0.4) is 0 Å². The van der Waals surface area contributed by atoms with Gasteiger partial charge in [-0.15, -0.1) is 0 Å². The van der Waals surface area contributed by atoms with E-state index in [9.17, 15) is 5.26 Å². The maximum absolute atomic E-state index is 9.28. The topological polar surface area (TPSA) is 71.1 Å². The first-order valence-electron chi connectivity index (χ1n) is 7.55. The molecule has 0 fully saturated rings. The van der Waals surface area contributed by atoms with Gasteiger partial charge in [0.15, 0.2) is 0 Å². The first-order chi connectivity index (χ1) is 11.7. The molecule has 0 radical (unpaired) electrons. The van der Waals surface area contributed by atoms with Crippen molar-refractivity contribution in [1.82, 2.24) is 4.98 Å². The second-order valence-electron chi connectivity index (χ2n) is 5.34. The fourth-order valence-corrected chi connectivity index (χ4v) is 2.36. The van der Waals surface area contributed by atoms with Crippen molar-refractivity contribution < 1.29 is 9.15 Å². The third-order valence-electron chi connectivity index (χ3n) is 3.66. The highest BCUT2D eigenvalue weighted by Crippen LogP contribution is 2.27.